The van der Waals surface area contributed by atoms with Crippen LogP contribution in [0.15, 0.2) is 42.7 Å². The van der Waals surface area contributed by atoms with Crippen molar-refractivity contribution in [3.8, 4) is 5.75 Å². The Hall–Kier alpha value is -3.53. The van der Waals surface area contributed by atoms with Gasteiger partial charge in [-0.2, -0.15) is 0 Å². The Labute approximate surface area is 193 Å². The van der Waals surface area contributed by atoms with Gasteiger partial charge >= 0.3 is 6.09 Å². The molecular weight excluding hydrogens is 416 g/mol. The third-order valence-corrected chi connectivity index (χ3v) is 6.85. The molecule has 1 saturated carbocycles. The zero-order chi connectivity index (χ0) is 23.0. The first-order valence-corrected chi connectivity index (χ1v) is 11.6. The molecule has 1 aliphatic carbocycles. The number of hydrogen-bond donors (Lipinski definition) is 0. The largest absolute Gasteiger partial charge is 0.494 e. The Bertz CT molecular complexity index is 1240. The van der Waals surface area contributed by atoms with Crippen LogP contribution in [-0.4, -0.2) is 34.4 Å². The molecule has 5 rings (SSSR count). The van der Waals surface area contributed by atoms with Gasteiger partial charge in [-0.1, -0.05) is 12.1 Å². The van der Waals surface area contributed by atoms with Gasteiger partial charge in [-0.25, -0.2) is 14.6 Å². The summed E-state index contributed by atoms with van der Waals surface area (Å²) in [6.07, 6.45) is 5.37. The SMILES string of the molecule is [C-]#[N+]c1ccc2ncn(C[C@H]3CCC[C@]4(C3)CN(c3ccc(C)c(OCC)c3)C(=O)O4)c2c1. The number of carbonyl (C=O) groups is 1. The second-order valence-electron chi connectivity index (χ2n) is 9.16. The van der Waals surface area contributed by atoms with E-state index in [1.165, 1.54) is 0 Å². The smallest absolute Gasteiger partial charge is 0.415 e. The highest BCUT2D eigenvalue weighted by molar-refractivity contribution is 5.90. The molecule has 3 aromatic rings. The number of anilines is 1. The van der Waals surface area contributed by atoms with Gasteiger partial charge in [0, 0.05) is 12.6 Å². The van der Waals surface area contributed by atoms with E-state index in [0.717, 1.165) is 60.3 Å². The highest BCUT2D eigenvalue weighted by Gasteiger charge is 2.48. The normalized spacial score (nSPS) is 22.5. The number of hydrogen-bond acceptors (Lipinski definition) is 4. The maximum absolute atomic E-state index is 12.9. The average molecular weight is 445 g/mol. The average Bonchev–Trinajstić information content (AvgIpc) is 3.35. The summed E-state index contributed by atoms with van der Waals surface area (Å²) >= 11 is 0. The highest BCUT2D eigenvalue weighted by atomic mass is 16.6. The van der Waals surface area contributed by atoms with Crippen LogP contribution in [0.4, 0.5) is 16.2 Å². The molecule has 2 fully saturated rings. The number of amides is 1. The zero-order valence-electron chi connectivity index (χ0n) is 19.1. The van der Waals surface area contributed by atoms with E-state index in [-0.39, 0.29) is 6.09 Å². The standard InChI is InChI=1S/C26H28N4O3/c1-4-32-24-13-21(9-7-18(24)2)30-16-26(33-25(30)31)11-5-6-19(14-26)15-29-17-28-22-10-8-20(27-3)12-23(22)29/h7-10,12-13,17,19H,4-6,11,14-16H2,1-2H3/t19-,26-/m0/s1. The molecule has 0 N–H and O–H groups in total. The van der Waals surface area contributed by atoms with Gasteiger partial charge in [0.1, 0.15) is 11.4 Å². The lowest BCUT2D eigenvalue weighted by Gasteiger charge is -2.36. The summed E-state index contributed by atoms with van der Waals surface area (Å²) in [6.45, 7) is 13.2. The highest BCUT2D eigenvalue weighted by Crippen LogP contribution is 2.42. The number of aryl methyl sites for hydroxylation is 1. The molecule has 1 aliphatic heterocycles. The number of fused-ring (bicyclic) bond motifs is 1. The van der Waals surface area contributed by atoms with Gasteiger partial charge in [-0.05, 0) is 69.2 Å². The lowest BCUT2D eigenvalue weighted by atomic mass is 9.78. The van der Waals surface area contributed by atoms with Gasteiger partial charge in [0.15, 0.2) is 5.69 Å². The number of imidazole rings is 1. The van der Waals surface area contributed by atoms with E-state index in [0.29, 0.717) is 24.8 Å². The number of benzene rings is 2. The van der Waals surface area contributed by atoms with E-state index < -0.39 is 5.60 Å². The number of rotatable bonds is 5. The summed E-state index contributed by atoms with van der Waals surface area (Å²) in [5.74, 6) is 1.17. The van der Waals surface area contributed by atoms with E-state index in [2.05, 4.69) is 14.4 Å². The van der Waals surface area contributed by atoms with E-state index in [1.54, 1.807) is 11.0 Å². The first-order chi connectivity index (χ1) is 16.0. The van der Waals surface area contributed by atoms with Crippen molar-refractivity contribution in [3.05, 3.63) is 59.7 Å². The van der Waals surface area contributed by atoms with Gasteiger partial charge in [-0.3, -0.25) is 4.90 Å². The first-order valence-electron chi connectivity index (χ1n) is 11.6. The molecule has 0 unspecified atom stereocenters. The molecule has 2 atom stereocenters. The van der Waals surface area contributed by atoms with Crippen molar-refractivity contribution in [1.29, 1.82) is 0 Å². The van der Waals surface area contributed by atoms with Crippen molar-refractivity contribution in [2.24, 2.45) is 5.92 Å². The Balaban J connectivity index is 1.34. The predicted molar refractivity (Wildman–Crippen MR) is 127 cm³/mol. The topological polar surface area (TPSA) is 61.0 Å². The van der Waals surface area contributed by atoms with Crippen molar-refractivity contribution < 1.29 is 14.3 Å². The molecule has 170 valence electrons. The molecule has 33 heavy (non-hydrogen) atoms. The van der Waals surface area contributed by atoms with E-state index in [4.69, 9.17) is 16.0 Å². The summed E-state index contributed by atoms with van der Waals surface area (Å²) < 4.78 is 13.9. The first kappa shape index (κ1) is 21.3. The van der Waals surface area contributed by atoms with Crippen molar-refractivity contribution in [3.63, 3.8) is 0 Å². The fourth-order valence-corrected chi connectivity index (χ4v) is 5.26. The Morgan fingerprint density at radius 3 is 3.00 bits per heavy atom. The summed E-state index contributed by atoms with van der Waals surface area (Å²) in [5, 5.41) is 0. The minimum atomic E-state index is -0.464. The van der Waals surface area contributed by atoms with Crippen LogP contribution in [0.25, 0.3) is 15.9 Å². The number of carbonyl (C=O) groups excluding carboxylic acids is 1. The van der Waals surface area contributed by atoms with Crippen molar-refractivity contribution in [2.75, 3.05) is 18.1 Å². The molecule has 0 bridgehead atoms. The molecule has 2 aromatic carbocycles. The van der Waals surface area contributed by atoms with Gasteiger partial charge in [-0.15, -0.1) is 0 Å². The van der Waals surface area contributed by atoms with Gasteiger partial charge < -0.3 is 14.0 Å². The molecule has 7 heteroatoms. The lowest BCUT2D eigenvalue weighted by molar-refractivity contribution is 0.00439. The van der Waals surface area contributed by atoms with Crippen LogP contribution in [-0.2, 0) is 11.3 Å². The van der Waals surface area contributed by atoms with Crippen LogP contribution in [0.5, 0.6) is 5.75 Å². The molecule has 2 heterocycles. The molecule has 7 nitrogen and oxygen atoms in total. The molecule has 2 aliphatic rings. The van der Waals surface area contributed by atoms with Gasteiger partial charge in [0.05, 0.1) is 42.8 Å². The maximum atomic E-state index is 12.9. The Kier molecular flexibility index (Phi) is 5.45. The minimum Gasteiger partial charge on any atom is -0.494 e. The number of aromatic nitrogens is 2. The van der Waals surface area contributed by atoms with Crippen molar-refractivity contribution in [1.82, 2.24) is 9.55 Å². The van der Waals surface area contributed by atoms with Crippen LogP contribution in [0.1, 0.15) is 38.2 Å². The fraction of sp³-hybridized carbons (Fsp3) is 0.423. The van der Waals surface area contributed by atoms with Crippen LogP contribution < -0.4 is 9.64 Å². The molecule has 1 aromatic heterocycles. The maximum Gasteiger partial charge on any atom is 0.415 e. The fourth-order valence-electron chi connectivity index (χ4n) is 5.26. The monoisotopic (exact) mass is 444 g/mol. The van der Waals surface area contributed by atoms with Crippen LogP contribution in [0.2, 0.25) is 0 Å². The zero-order valence-corrected chi connectivity index (χ0v) is 19.1. The summed E-state index contributed by atoms with van der Waals surface area (Å²) in [7, 11) is 0. The van der Waals surface area contributed by atoms with Crippen LogP contribution in [0.3, 0.4) is 0 Å². The third kappa shape index (κ3) is 4.02. The van der Waals surface area contributed by atoms with Gasteiger partial charge in [0.2, 0.25) is 0 Å². The molecule has 1 amide bonds. The molecule has 1 saturated heterocycles. The van der Waals surface area contributed by atoms with E-state index in [9.17, 15) is 4.79 Å². The number of nitrogens with zero attached hydrogens (tertiary/aromatic N) is 4. The predicted octanol–water partition coefficient (Wildman–Crippen LogP) is 5.88. The van der Waals surface area contributed by atoms with Crippen molar-refractivity contribution >= 4 is 28.5 Å². The Morgan fingerprint density at radius 1 is 1.30 bits per heavy atom. The molecule has 1 spiro atoms. The summed E-state index contributed by atoms with van der Waals surface area (Å²) in [5.41, 5.74) is 3.91. The number of ether oxygens (including phenoxy) is 2. The van der Waals surface area contributed by atoms with E-state index >= 15 is 0 Å². The second kappa shape index (κ2) is 8.43. The van der Waals surface area contributed by atoms with Crippen LogP contribution in [0, 0.1) is 19.4 Å². The quantitative estimate of drug-likeness (QED) is 0.461. The van der Waals surface area contributed by atoms with Crippen LogP contribution >= 0.6 is 0 Å². The summed E-state index contributed by atoms with van der Waals surface area (Å²) in [6, 6.07) is 11.5. The Morgan fingerprint density at radius 2 is 2.18 bits per heavy atom. The summed E-state index contributed by atoms with van der Waals surface area (Å²) in [4.78, 5) is 22.7. The van der Waals surface area contributed by atoms with Gasteiger partial charge in [0.25, 0.3) is 0 Å². The minimum absolute atomic E-state index is 0.281. The van der Waals surface area contributed by atoms with Crippen molar-refractivity contribution in [2.45, 2.75) is 51.7 Å². The second-order valence-corrected chi connectivity index (χ2v) is 9.16. The molecular formula is C26H28N4O3. The lowest BCUT2D eigenvalue weighted by Crippen LogP contribution is -2.40. The van der Waals surface area contributed by atoms with E-state index in [1.807, 2.05) is 50.5 Å². The third-order valence-electron chi connectivity index (χ3n) is 6.85. The molecule has 0 radical (unpaired) electrons.